The number of carbonyl (C=O) groups excluding carboxylic acids is 1. The van der Waals surface area contributed by atoms with E-state index in [4.69, 9.17) is 4.74 Å². The van der Waals surface area contributed by atoms with Crippen LogP contribution >= 0.6 is 0 Å². The van der Waals surface area contributed by atoms with Crippen molar-refractivity contribution in [2.45, 2.75) is 19.8 Å². The van der Waals surface area contributed by atoms with Crippen molar-refractivity contribution in [3.63, 3.8) is 0 Å². The molecule has 0 aromatic heterocycles. The van der Waals surface area contributed by atoms with E-state index in [0.717, 1.165) is 19.6 Å². The summed E-state index contributed by atoms with van der Waals surface area (Å²) in [5.41, 5.74) is 0. The molecule has 0 saturated heterocycles. The lowest BCUT2D eigenvalue weighted by molar-refractivity contribution is -0.143. The van der Waals surface area contributed by atoms with Crippen LogP contribution in [-0.4, -0.2) is 42.6 Å². The van der Waals surface area contributed by atoms with E-state index in [1.165, 1.54) is 0 Å². The number of hydrogen-bond donors (Lipinski definition) is 0. The van der Waals surface area contributed by atoms with Crippen LogP contribution < -0.4 is 0 Å². The number of rotatable bonds is 5. The molecule has 1 heterocycles. The number of esters is 1. The number of ether oxygens (including phenoxy) is 1. The molecule has 0 fully saturated rings. The van der Waals surface area contributed by atoms with E-state index in [1.807, 2.05) is 26.4 Å². The zero-order chi connectivity index (χ0) is 10.4. The summed E-state index contributed by atoms with van der Waals surface area (Å²) in [4.78, 5) is 15.3. The summed E-state index contributed by atoms with van der Waals surface area (Å²) in [5, 5.41) is 0. The number of nitrogens with zero attached hydrogens (tertiary/aromatic N) is 2. The molecule has 0 aliphatic carbocycles. The van der Waals surface area contributed by atoms with Crippen molar-refractivity contribution in [2.75, 3.05) is 26.9 Å². The molecule has 4 nitrogen and oxygen atoms in total. The highest BCUT2D eigenvalue weighted by molar-refractivity contribution is 5.69. The maximum Gasteiger partial charge on any atom is 0.305 e. The van der Waals surface area contributed by atoms with Crippen LogP contribution in [0.4, 0.5) is 0 Å². The molecule has 0 bridgehead atoms. The molecule has 80 valence electrons. The van der Waals surface area contributed by atoms with Crippen molar-refractivity contribution >= 4 is 5.97 Å². The maximum atomic E-state index is 11.0. The highest BCUT2D eigenvalue weighted by Gasteiger charge is 2.08. The molecule has 4 heteroatoms. The smallest absolute Gasteiger partial charge is 0.305 e. The van der Waals surface area contributed by atoms with Gasteiger partial charge >= 0.3 is 5.97 Å². The van der Waals surface area contributed by atoms with Crippen LogP contribution in [0.5, 0.6) is 0 Å². The first-order valence-corrected chi connectivity index (χ1v) is 5.00. The molecule has 0 saturated carbocycles. The average molecular weight is 198 g/mol. The van der Waals surface area contributed by atoms with E-state index >= 15 is 0 Å². The fraction of sp³-hybridized carbons (Fsp3) is 0.700. The summed E-state index contributed by atoms with van der Waals surface area (Å²) in [6.45, 7) is 4.14. The third-order valence-corrected chi connectivity index (χ3v) is 2.07. The highest BCUT2D eigenvalue weighted by Crippen LogP contribution is 2.05. The lowest BCUT2D eigenvalue weighted by atomic mass is 10.3. The van der Waals surface area contributed by atoms with Crippen LogP contribution in [0.15, 0.2) is 12.4 Å². The number of carbonyl (C=O) groups is 1. The second kappa shape index (κ2) is 5.52. The summed E-state index contributed by atoms with van der Waals surface area (Å²) in [6.07, 6.45) is 5.45. The molecule has 0 radical (unpaired) electrons. The van der Waals surface area contributed by atoms with Crippen LogP contribution in [-0.2, 0) is 9.53 Å². The first-order chi connectivity index (χ1) is 6.72. The van der Waals surface area contributed by atoms with E-state index in [2.05, 4.69) is 9.80 Å². The third-order valence-electron chi connectivity index (χ3n) is 2.07. The second-order valence-corrected chi connectivity index (χ2v) is 3.42. The Morgan fingerprint density at radius 3 is 2.86 bits per heavy atom. The molecule has 0 aromatic rings. The van der Waals surface area contributed by atoms with Crippen molar-refractivity contribution in [1.29, 1.82) is 0 Å². The van der Waals surface area contributed by atoms with Gasteiger partial charge in [-0.15, -0.1) is 0 Å². The van der Waals surface area contributed by atoms with Gasteiger partial charge in [0.05, 0.1) is 13.3 Å². The quantitative estimate of drug-likeness (QED) is 0.617. The molecule has 0 spiro atoms. The van der Waals surface area contributed by atoms with Gasteiger partial charge in [-0.05, 0) is 13.3 Å². The maximum absolute atomic E-state index is 11.0. The van der Waals surface area contributed by atoms with E-state index < -0.39 is 0 Å². The summed E-state index contributed by atoms with van der Waals surface area (Å²) in [7, 11) is 2.03. The van der Waals surface area contributed by atoms with Crippen molar-refractivity contribution < 1.29 is 9.53 Å². The van der Waals surface area contributed by atoms with Gasteiger partial charge in [0.1, 0.15) is 0 Å². The minimum Gasteiger partial charge on any atom is -0.466 e. The molecule has 1 aliphatic heterocycles. The van der Waals surface area contributed by atoms with Crippen LogP contribution in [0.2, 0.25) is 0 Å². The molecule has 0 atom stereocenters. The Labute approximate surface area is 85.1 Å². The summed E-state index contributed by atoms with van der Waals surface area (Å²) >= 11 is 0. The molecule has 0 N–H and O–H groups in total. The van der Waals surface area contributed by atoms with Crippen LogP contribution in [0.1, 0.15) is 19.8 Å². The Hall–Kier alpha value is -1.19. The molecule has 0 unspecified atom stereocenters. The largest absolute Gasteiger partial charge is 0.466 e. The topological polar surface area (TPSA) is 32.8 Å². The molecule has 1 rings (SSSR count). The fourth-order valence-electron chi connectivity index (χ4n) is 1.39. The standard InChI is InChI=1S/C10H18N2O2/c1-3-14-10(13)5-4-6-12-8-7-11(2)9-12/h7-8H,3-6,9H2,1-2H3. The highest BCUT2D eigenvalue weighted by atomic mass is 16.5. The minimum absolute atomic E-state index is 0.0935. The van der Waals surface area contributed by atoms with Crippen molar-refractivity contribution in [2.24, 2.45) is 0 Å². The number of hydrogen-bond acceptors (Lipinski definition) is 4. The fourth-order valence-corrected chi connectivity index (χ4v) is 1.39. The SMILES string of the molecule is CCOC(=O)CCCN1C=CN(C)C1. The first kappa shape index (κ1) is 10.9. The first-order valence-electron chi connectivity index (χ1n) is 5.00. The predicted molar refractivity (Wildman–Crippen MR) is 54.3 cm³/mol. The summed E-state index contributed by atoms with van der Waals surface area (Å²) < 4.78 is 4.84. The Balaban J connectivity index is 2.04. The Morgan fingerprint density at radius 1 is 1.50 bits per heavy atom. The lowest BCUT2D eigenvalue weighted by Gasteiger charge is -2.17. The molecular formula is C10H18N2O2. The van der Waals surface area contributed by atoms with Crippen LogP contribution in [0.3, 0.4) is 0 Å². The van der Waals surface area contributed by atoms with Crippen molar-refractivity contribution in [1.82, 2.24) is 9.80 Å². The van der Waals surface area contributed by atoms with Crippen molar-refractivity contribution in [3.8, 4) is 0 Å². The van der Waals surface area contributed by atoms with Gasteiger partial charge in [-0.1, -0.05) is 0 Å². The van der Waals surface area contributed by atoms with Gasteiger partial charge in [0.15, 0.2) is 0 Å². The Kier molecular flexibility index (Phi) is 4.29. The van der Waals surface area contributed by atoms with E-state index in [0.29, 0.717) is 13.0 Å². The summed E-state index contributed by atoms with van der Waals surface area (Å²) in [6, 6.07) is 0. The molecule has 0 aromatic carbocycles. The predicted octanol–water partition coefficient (Wildman–Crippen LogP) is 1.01. The van der Waals surface area contributed by atoms with E-state index in [-0.39, 0.29) is 5.97 Å². The molecule has 0 amide bonds. The van der Waals surface area contributed by atoms with Gasteiger partial charge in [0, 0.05) is 32.4 Å². The normalized spacial score (nSPS) is 15.0. The zero-order valence-electron chi connectivity index (χ0n) is 8.90. The van der Waals surface area contributed by atoms with Gasteiger partial charge in [-0.25, -0.2) is 0 Å². The van der Waals surface area contributed by atoms with Crippen molar-refractivity contribution in [3.05, 3.63) is 12.4 Å². The van der Waals surface area contributed by atoms with Gasteiger partial charge in [-0.3, -0.25) is 4.79 Å². The van der Waals surface area contributed by atoms with Crippen LogP contribution in [0, 0.1) is 0 Å². The molecule has 14 heavy (non-hydrogen) atoms. The van der Waals surface area contributed by atoms with Gasteiger partial charge in [-0.2, -0.15) is 0 Å². The van der Waals surface area contributed by atoms with E-state index in [9.17, 15) is 4.79 Å². The van der Waals surface area contributed by atoms with E-state index in [1.54, 1.807) is 0 Å². The van der Waals surface area contributed by atoms with Crippen LogP contribution in [0.25, 0.3) is 0 Å². The summed E-state index contributed by atoms with van der Waals surface area (Å²) in [5.74, 6) is -0.0935. The van der Waals surface area contributed by atoms with Gasteiger partial charge in [0.2, 0.25) is 0 Å². The minimum atomic E-state index is -0.0935. The van der Waals surface area contributed by atoms with Gasteiger partial charge in [0.25, 0.3) is 0 Å². The average Bonchev–Trinajstić information content (AvgIpc) is 2.52. The third kappa shape index (κ3) is 3.68. The molecular weight excluding hydrogens is 180 g/mol. The zero-order valence-corrected chi connectivity index (χ0v) is 8.90. The van der Waals surface area contributed by atoms with Gasteiger partial charge < -0.3 is 14.5 Å². The lowest BCUT2D eigenvalue weighted by Crippen LogP contribution is -2.23. The monoisotopic (exact) mass is 198 g/mol. The Morgan fingerprint density at radius 2 is 2.29 bits per heavy atom. The Bertz CT molecular complexity index is 216. The second-order valence-electron chi connectivity index (χ2n) is 3.42. The molecule has 1 aliphatic rings.